The van der Waals surface area contributed by atoms with Gasteiger partial charge >= 0.3 is 0 Å². The second-order valence-corrected chi connectivity index (χ2v) is 9.34. The molecule has 0 aliphatic carbocycles. The van der Waals surface area contributed by atoms with Crippen molar-refractivity contribution in [1.29, 1.82) is 0 Å². The standard InChI is InChI=1S/C22H18FN9O3S/c1-13-9-14(2)32(28-13)20-11-21(25-12-24-20)35-16-5-3-15(4-6-16)29-36(33,34)17-7-8-19(23)18(10-17)22-26-30-31-27-22/h3-12,29H,1-2H3,(H,26,27,30,31). The van der Waals surface area contributed by atoms with E-state index in [0.29, 0.717) is 17.4 Å². The molecule has 3 aromatic heterocycles. The third-order valence-electron chi connectivity index (χ3n) is 5.02. The van der Waals surface area contributed by atoms with E-state index in [1.165, 1.54) is 18.5 Å². The van der Waals surface area contributed by atoms with Crippen LogP contribution in [0.25, 0.3) is 17.2 Å². The largest absolute Gasteiger partial charge is 0.439 e. The fourth-order valence-electron chi connectivity index (χ4n) is 3.41. The molecule has 182 valence electrons. The van der Waals surface area contributed by atoms with E-state index in [4.69, 9.17) is 4.74 Å². The van der Waals surface area contributed by atoms with Gasteiger partial charge in [-0.25, -0.2) is 27.5 Å². The third kappa shape index (κ3) is 4.74. The lowest BCUT2D eigenvalue weighted by molar-refractivity contribution is 0.460. The summed E-state index contributed by atoms with van der Waals surface area (Å²) in [6, 6.07) is 13.1. The Labute approximate surface area is 204 Å². The molecule has 0 aliphatic rings. The first-order valence-corrected chi connectivity index (χ1v) is 12.0. The first-order chi connectivity index (χ1) is 17.3. The number of hydrogen-bond acceptors (Lipinski definition) is 9. The number of halogens is 1. The lowest BCUT2D eigenvalue weighted by atomic mass is 10.2. The van der Waals surface area contributed by atoms with Gasteiger partial charge in [-0.2, -0.15) is 10.3 Å². The Balaban J connectivity index is 1.32. The normalized spacial score (nSPS) is 11.4. The second kappa shape index (κ2) is 9.14. The smallest absolute Gasteiger partial charge is 0.261 e. The maximum absolute atomic E-state index is 14.1. The number of H-pyrrole nitrogens is 1. The molecule has 0 spiro atoms. The lowest BCUT2D eigenvalue weighted by Crippen LogP contribution is -2.13. The van der Waals surface area contributed by atoms with Crippen LogP contribution in [0.1, 0.15) is 11.4 Å². The Bertz CT molecular complexity index is 1640. The molecule has 0 fully saturated rings. The average molecular weight is 508 g/mol. The van der Waals surface area contributed by atoms with E-state index in [2.05, 4.69) is 40.4 Å². The van der Waals surface area contributed by atoms with Crippen LogP contribution in [0.2, 0.25) is 0 Å². The molecule has 0 bridgehead atoms. The Hall–Kier alpha value is -4.72. The molecular weight excluding hydrogens is 489 g/mol. The number of ether oxygens (including phenoxy) is 1. The SMILES string of the molecule is Cc1cc(C)n(-c2cc(Oc3ccc(NS(=O)(=O)c4ccc(F)c(-c5nn[nH]n5)c4)cc3)ncn2)n1. The van der Waals surface area contributed by atoms with Crippen LogP contribution in [0.3, 0.4) is 0 Å². The summed E-state index contributed by atoms with van der Waals surface area (Å²) in [5.41, 5.74) is 1.96. The van der Waals surface area contributed by atoms with Gasteiger partial charge < -0.3 is 4.74 Å². The molecule has 0 saturated heterocycles. The van der Waals surface area contributed by atoms with Crippen LogP contribution in [-0.4, -0.2) is 48.8 Å². The highest BCUT2D eigenvalue weighted by molar-refractivity contribution is 7.92. The lowest BCUT2D eigenvalue weighted by Gasteiger charge is -2.11. The quantitative estimate of drug-likeness (QED) is 0.338. The van der Waals surface area contributed by atoms with Crippen LogP contribution >= 0.6 is 0 Å². The highest BCUT2D eigenvalue weighted by Crippen LogP contribution is 2.26. The molecule has 14 heteroatoms. The van der Waals surface area contributed by atoms with Gasteiger partial charge in [-0.1, -0.05) is 0 Å². The molecule has 36 heavy (non-hydrogen) atoms. The topological polar surface area (TPSA) is 153 Å². The summed E-state index contributed by atoms with van der Waals surface area (Å²) >= 11 is 0. The number of nitrogens with one attached hydrogen (secondary N) is 2. The number of aromatic nitrogens is 8. The zero-order valence-electron chi connectivity index (χ0n) is 18.9. The third-order valence-corrected chi connectivity index (χ3v) is 6.40. The summed E-state index contributed by atoms with van der Waals surface area (Å²) < 4.78 is 49.8. The van der Waals surface area contributed by atoms with E-state index in [0.717, 1.165) is 29.6 Å². The molecule has 2 N–H and O–H groups in total. The molecule has 0 atom stereocenters. The maximum Gasteiger partial charge on any atom is 0.261 e. The van der Waals surface area contributed by atoms with Gasteiger partial charge in [-0.3, -0.25) is 4.72 Å². The number of hydrogen-bond donors (Lipinski definition) is 2. The Morgan fingerprint density at radius 3 is 2.53 bits per heavy atom. The van der Waals surface area contributed by atoms with E-state index in [1.54, 1.807) is 22.9 Å². The van der Waals surface area contributed by atoms with Crippen LogP contribution < -0.4 is 9.46 Å². The Kier molecular flexibility index (Phi) is 5.85. The molecule has 3 heterocycles. The van der Waals surface area contributed by atoms with Crippen molar-refractivity contribution in [1.82, 2.24) is 40.4 Å². The summed E-state index contributed by atoms with van der Waals surface area (Å²) in [5.74, 6) is 0.534. The van der Waals surface area contributed by atoms with Crippen LogP contribution in [0.5, 0.6) is 11.6 Å². The van der Waals surface area contributed by atoms with Crippen molar-refractivity contribution in [2.24, 2.45) is 0 Å². The van der Waals surface area contributed by atoms with Crippen LogP contribution in [-0.2, 0) is 10.0 Å². The van der Waals surface area contributed by atoms with Gasteiger partial charge in [0.25, 0.3) is 10.0 Å². The molecule has 0 unspecified atom stereocenters. The molecule has 5 aromatic rings. The minimum Gasteiger partial charge on any atom is -0.439 e. The summed E-state index contributed by atoms with van der Waals surface area (Å²) in [4.78, 5) is 8.19. The first kappa shape index (κ1) is 23.0. The van der Waals surface area contributed by atoms with Crippen LogP contribution in [0.4, 0.5) is 10.1 Å². The van der Waals surface area contributed by atoms with Crippen molar-refractivity contribution < 1.29 is 17.5 Å². The molecule has 5 rings (SSSR count). The number of benzene rings is 2. The van der Waals surface area contributed by atoms with Crippen molar-refractivity contribution in [3.8, 4) is 28.8 Å². The van der Waals surface area contributed by atoms with Crippen molar-refractivity contribution in [3.63, 3.8) is 0 Å². The summed E-state index contributed by atoms with van der Waals surface area (Å²) in [6.45, 7) is 3.81. The zero-order chi connectivity index (χ0) is 25.3. The predicted molar refractivity (Wildman–Crippen MR) is 126 cm³/mol. The number of rotatable bonds is 7. The highest BCUT2D eigenvalue weighted by atomic mass is 32.2. The number of aromatic amines is 1. The fraction of sp³-hybridized carbons (Fsp3) is 0.0909. The average Bonchev–Trinajstić information content (AvgIpc) is 3.50. The van der Waals surface area contributed by atoms with Gasteiger partial charge in [0.1, 0.15) is 17.9 Å². The number of nitrogens with zero attached hydrogens (tertiary/aromatic N) is 7. The molecule has 12 nitrogen and oxygen atoms in total. The number of tetrazole rings is 1. The van der Waals surface area contributed by atoms with E-state index >= 15 is 0 Å². The van der Waals surface area contributed by atoms with Crippen molar-refractivity contribution >= 4 is 15.7 Å². The van der Waals surface area contributed by atoms with E-state index < -0.39 is 15.8 Å². The predicted octanol–water partition coefficient (Wildman–Crippen LogP) is 3.19. The first-order valence-electron chi connectivity index (χ1n) is 10.5. The van der Waals surface area contributed by atoms with E-state index in [1.807, 2.05) is 19.9 Å². The minimum absolute atomic E-state index is 0.0585. The second-order valence-electron chi connectivity index (χ2n) is 7.66. The highest BCUT2D eigenvalue weighted by Gasteiger charge is 2.19. The van der Waals surface area contributed by atoms with E-state index in [-0.39, 0.29) is 22.0 Å². The maximum atomic E-state index is 14.1. The molecule has 0 aliphatic heterocycles. The number of sulfonamides is 1. The Morgan fingerprint density at radius 1 is 1.03 bits per heavy atom. The summed E-state index contributed by atoms with van der Waals surface area (Å²) in [5, 5.41) is 17.4. The van der Waals surface area contributed by atoms with Crippen molar-refractivity contribution in [2.75, 3.05) is 4.72 Å². The van der Waals surface area contributed by atoms with Crippen LogP contribution in [0.15, 0.2) is 65.8 Å². The van der Waals surface area contributed by atoms with Gasteiger partial charge in [0.2, 0.25) is 11.7 Å². The summed E-state index contributed by atoms with van der Waals surface area (Å²) in [7, 11) is -4.03. The zero-order valence-corrected chi connectivity index (χ0v) is 19.7. The molecule has 0 amide bonds. The molecule has 0 radical (unpaired) electrons. The van der Waals surface area contributed by atoms with Gasteiger partial charge in [-0.15, -0.1) is 10.2 Å². The molecule has 0 saturated carbocycles. The van der Waals surface area contributed by atoms with E-state index in [9.17, 15) is 12.8 Å². The molecular formula is C22H18FN9O3S. The fourth-order valence-corrected chi connectivity index (χ4v) is 4.49. The minimum atomic E-state index is -4.03. The van der Waals surface area contributed by atoms with Gasteiger partial charge in [0.15, 0.2) is 5.82 Å². The van der Waals surface area contributed by atoms with Crippen LogP contribution in [0, 0.1) is 19.7 Å². The molecule has 2 aromatic carbocycles. The number of aryl methyl sites for hydroxylation is 2. The van der Waals surface area contributed by atoms with Gasteiger partial charge in [0.05, 0.1) is 16.2 Å². The number of anilines is 1. The summed E-state index contributed by atoms with van der Waals surface area (Å²) in [6.07, 6.45) is 1.37. The van der Waals surface area contributed by atoms with Gasteiger partial charge in [-0.05, 0) is 67.6 Å². The van der Waals surface area contributed by atoms with Gasteiger partial charge in [0, 0.05) is 17.4 Å². The van der Waals surface area contributed by atoms with Crippen molar-refractivity contribution in [3.05, 3.63) is 78.1 Å². The Morgan fingerprint density at radius 2 is 1.83 bits per heavy atom. The monoisotopic (exact) mass is 507 g/mol. The van der Waals surface area contributed by atoms with Crippen molar-refractivity contribution in [2.45, 2.75) is 18.7 Å².